The van der Waals surface area contributed by atoms with Crippen molar-refractivity contribution in [3.05, 3.63) is 0 Å². The first-order valence-corrected chi connectivity index (χ1v) is 3.26. The zero-order valence-corrected chi connectivity index (χ0v) is 6.60. The molecule has 0 amide bonds. The van der Waals surface area contributed by atoms with Crippen LogP contribution in [0.2, 0.25) is 0 Å². The highest BCUT2D eigenvalue weighted by molar-refractivity contribution is 5.75. The van der Waals surface area contributed by atoms with E-state index in [0.717, 1.165) is 0 Å². The van der Waals surface area contributed by atoms with Gasteiger partial charge in [0.25, 0.3) is 0 Å². The van der Waals surface area contributed by atoms with Gasteiger partial charge < -0.3 is 4.74 Å². The van der Waals surface area contributed by atoms with E-state index in [0.29, 0.717) is 6.42 Å². The molecule has 0 aromatic carbocycles. The molecule has 0 spiro atoms. The summed E-state index contributed by atoms with van der Waals surface area (Å²) in [5.74, 6) is 4.96. The minimum Gasteiger partial charge on any atom is -0.468 e. The van der Waals surface area contributed by atoms with E-state index in [2.05, 4.69) is 16.6 Å². The van der Waals surface area contributed by atoms with Gasteiger partial charge in [0.05, 0.1) is 7.11 Å². The Balaban J connectivity index is 4.02. The van der Waals surface area contributed by atoms with Gasteiger partial charge in [-0.15, -0.1) is 5.92 Å². The lowest BCUT2D eigenvalue weighted by molar-refractivity contribution is -0.143. The van der Waals surface area contributed by atoms with Gasteiger partial charge in [-0.2, -0.15) is 0 Å². The molecule has 0 N–H and O–H groups in total. The molecule has 0 bridgehead atoms. The average Bonchev–Trinajstić information content (AvgIpc) is 1.99. The van der Waals surface area contributed by atoms with Crippen LogP contribution < -0.4 is 0 Å². The van der Waals surface area contributed by atoms with E-state index in [-0.39, 0.29) is 11.9 Å². The number of hydrogen-bond donors (Lipinski definition) is 0. The van der Waals surface area contributed by atoms with Crippen LogP contribution in [0.1, 0.15) is 20.3 Å². The van der Waals surface area contributed by atoms with Crippen molar-refractivity contribution in [3.63, 3.8) is 0 Å². The van der Waals surface area contributed by atoms with Crippen molar-refractivity contribution in [1.29, 1.82) is 0 Å². The minimum atomic E-state index is -0.241. The molecule has 0 radical (unpaired) electrons. The predicted molar refractivity (Wildman–Crippen MR) is 39.2 cm³/mol. The standard InChI is InChI=1S/C8H12O2/c1-4-6-7(5-2)8(9)10-3/h7H,5H2,1-3H3. The molecule has 0 aromatic rings. The van der Waals surface area contributed by atoms with Gasteiger partial charge in [0, 0.05) is 0 Å². The second kappa shape index (κ2) is 4.87. The third kappa shape index (κ3) is 2.54. The summed E-state index contributed by atoms with van der Waals surface area (Å²) in [6.45, 7) is 3.62. The van der Waals surface area contributed by atoms with Crippen molar-refractivity contribution in [2.75, 3.05) is 7.11 Å². The molecule has 0 aromatic heterocycles. The highest BCUT2D eigenvalue weighted by Crippen LogP contribution is 2.01. The molecule has 1 atom stereocenters. The van der Waals surface area contributed by atoms with E-state index in [4.69, 9.17) is 0 Å². The maximum absolute atomic E-state index is 10.8. The number of hydrogen-bond acceptors (Lipinski definition) is 2. The maximum atomic E-state index is 10.8. The number of rotatable bonds is 2. The Labute approximate surface area is 61.6 Å². The van der Waals surface area contributed by atoms with Gasteiger partial charge in [-0.05, 0) is 13.3 Å². The van der Waals surface area contributed by atoms with E-state index in [1.54, 1.807) is 6.92 Å². The summed E-state index contributed by atoms with van der Waals surface area (Å²) in [4.78, 5) is 10.8. The smallest absolute Gasteiger partial charge is 0.320 e. The van der Waals surface area contributed by atoms with Gasteiger partial charge >= 0.3 is 5.97 Å². The fraction of sp³-hybridized carbons (Fsp3) is 0.625. The van der Waals surface area contributed by atoms with Crippen LogP contribution in [0.15, 0.2) is 0 Å². The number of methoxy groups -OCH3 is 1. The highest BCUT2D eigenvalue weighted by Gasteiger charge is 2.12. The molecule has 0 saturated carbocycles. The number of esters is 1. The Bertz CT molecular complexity index is 162. The van der Waals surface area contributed by atoms with Gasteiger partial charge in [0.2, 0.25) is 0 Å². The van der Waals surface area contributed by atoms with Crippen LogP contribution in [0, 0.1) is 17.8 Å². The molecule has 0 aliphatic heterocycles. The molecule has 2 heteroatoms. The summed E-state index contributed by atoms with van der Waals surface area (Å²) in [6.07, 6.45) is 0.716. The first-order valence-electron chi connectivity index (χ1n) is 3.26. The summed E-state index contributed by atoms with van der Waals surface area (Å²) in [5.41, 5.74) is 0. The summed E-state index contributed by atoms with van der Waals surface area (Å²) in [6, 6.07) is 0. The Morgan fingerprint density at radius 2 is 2.30 bits per heavy atom. The lowest BCUT2D eigenvalue weighted by Crippen LogP contribution is -2.12. The van der Waals surface area contributed by atoms with Crippen molar-refractivity contribution in [2.24, 2.45) is 5.92 Å². The topological polar surface area (TPSA) is 26.3 Å². The second-order valence-electron chi connectivity index (χ2n) is 1.88. The summed E-state index contributed by atoms with van der Waals surface area (Å²) >= 11 is 0. The molecule has 2 nitrogen and oxygen atoms in total. The fourth-order valence-electron chi connectivity index (χ4n) is 0.644. The van der Waals surface area contributed by atoms with Crippen LogP contribution in [0.5, 0.6) is 0 Å². The van der Waals surface area contributed by atoms with Crippen molar-refractivity contribution in [1.82, 2.24) is 0 Å². The predicted octanol–water partition coefficient (Wildman–Crippen LogP) is 1.21. The van der Waals surface area contributed by atoms with Crippen molar-refractivity contribution in [2.45, 2.75) is 20.3 Å². The molecule has 1 unspecified atom stereocenters. The normalized spacial score (nSPS) is 11.1. The first-order chi connectivity index (χ1) is 4.76. The van der Waals surface area contributed by atoms with Gasteiger partial charge in [-0.25, -0.2) is 0 Å². The van der Waals surface area contributed by atoms with Gasteiger partial charge in [0.15, 0.2) is 0 Å². The SMILES string of the molecule is CC#CC(CC)C(=O)OC. The van der Waals surface area contributed by atoms with Crippen LogP contribution in [-0.4, -0.2) is 13.1 Å². The third-order valence-electron chi connectivity index (χ3n) is 1.21. The molecule has 0 aliphatic carbocycles. The van der Waals surface area contributed by atoms with E-state index < -0.39 is 0 Å². The summed E-state index contributed by atoms with van der Waals surface area (Å²) in [5, 5.41) is 0. The summed E-state index contributed by atoms with van der Waals surface area (Å²) in [7, 11) is 1.38. The number of ether oxygens (including phenoxy) is 1. The van der Waals surface area contributed by atoms with Gasteiger partial charge in [-0.3, -0.25) is 4.79 Å². The van der Waals surface area contributed by atoms with E-state index >= 15 is 0 Å². The molecule has 0 heterocycles. The Kier molecular flexibility index (Phi) is 4.39. The molecule has 10 heavy (non-hydrogen) atoms. The van der Waals surface area contributed by atoms with E-state index in [9.17, 15) is 4.79 Å². The van der Waals surface area contributed by atoms with Crippen LogP contribution in [0.3, 0.4) is 0 Å². The zero-order chi connectivity index (χ0) is 7.98. The molecule has 0 rings (SSSR count). The average molecular weight is 140 g/mol. The lowest BCUT2D eigenvalue weighted by Gasteiger charge is -2.02. The largest absolute Gasteiger partial charge is 0.468 e. The van der Waals surface area contributed by atoms with Crippen LogP contribution in [-0.2, 0) is 9.53 Å². The first kappa shape index (κ1) is 9.03. The summed E-state index contributed by atoms with van der Waals surface area (Å²) < 4.78 is 4.51. The van der Waals surface area contributed by atoms with E-state index in [1.165, 1.54) is 7.11 Å². The van der Waals surface area contributed by atoms with Crippen LogP contribution in [0.4, 0.5) is 0 Å². The quantitative estimate of drug-likeness (QED) is 0.425. The highest BCUT2D eigenvalue weighted by atomic mass is 16.5. The van der Waals surface area contributed by atoms with Crippen molar-refractivity contribution >= 4 is 5.97 Å². The second-order valence-corrected chi connectivity index (χ2v) is 1.88. The minimum absolute atomic E-state index is 0.239. The third-order valence-corrected chi connectivity index (χ3v) is 1.21. The Morgan fingerprint density at radius 3 is 2.60 bits per heavy atom. The Hall–Kier alpha value is -0.970. The molecular weight excluding hydrogens is 128 g/mol. The zero-order valence-electron chi connectivity index (χ0n) is 6.60. The number of carbonyl (C=O) groups is 1. The molecule has 0 fully saturated rings. The molecular formula is C8H12O2. The fourth-order valence-corrected chi connectivity index (χ4v) is 0.644. The van der Waals surface area contributed by atoms with Crippen molar-refractivity contribution < 1.29 is 9.53 Å². The Morgan fingerprint density at radius 1 is 1.70 bits per heavy atom. The molecule has 0 saturated heterocycles. The van der Waals surface area contributed by atoms with E-state index in [1.807, 2.05) is 6.92 Å². The monoisotopic (exact) mass is 140 g/mol. The van der Waals surface area contributed by atoms with Gasteiger partial charge in [-0.1, -0.05) is 12.8 Å². The maximum Gasteiger partial charge on any atom is 0.320 e. The lowest BCUT2D eigenvalue weighted by atomic mass is 10.1. The number of carbonyl (C=O) groups excluding carboxylic acids is 1. The van der Waals surface area contributed by atoms with Crippen LogP contribution >= 0.6 is 0 Å². The molecule has 56 valence electrons. The molecule has 0 aliphatic rings. The van der Waals surface area contributed by atoms with Crippen LogP contribution in [0.25, 0.3) is 0 Å². The van der Waals surface area contributed by atoms with Gasteiger partial charge in [0.1, 0.15) is 5.92 Å². The van der Waals surface area contributed by atoms with Crippen molar-refractivity contribution in [3.8, 4) is 11.8 Å².